The fraction of sp³-hybridized carbons (Fsp3) is 0.462. The molecule has 5 heteroatoms. The van der Waals surface area contributed by atoms with Gasteiger partial charge < -0.3 is 0 Å². The molecule has 1 aromatic rings. The van der Waals surface area contributed by atoms with Gasteiger partial charge in [-0.1, -0.05) is 32.4 Å². The van der Waals surface area contributed by atoms with Crippen LogP contribution in [0.1, 0.15) is 43.5 Å². The van der Waals surface area contributed by atoms with Gasteiger partial charge in [-0.05, 0) is 18.6 Å². The van der Waals surface area contributed by atoms with Crippen molar-refractivity contribution < 1.29 is 13.2 Å². The Morgan fingerprint density at radius 1 is 1.17 bits per heavy atom. The van der Waals surface area contributed by atoms with Crippen molar-refractivity contribution in [3.05, 3.63) is 29.8 Å². The zero-order chi connectivity index (χ0) is 13.6. The number of Topliss-reactive ketones (excluding diaryl/α,β-unsaturated/α-hetero) is 1. The molecule has 18 heavy (non-hydrogen) atoms. The van der Waals surface area contributed by atoms with Gasteiger partial charge in [-0.3, -0.25) is 4.79 Å². The number of benzene rings is 1. The van der Waals surface area contributed by atoms with Gasteiger partial charge in [-0.2, -0.15) is 0 Å². The Morgan fingerprint density at radius 2 is 1.78 bits per heavy atom. The molecule has 0 heterocycles. The highest BCUT2D eigenvalue weighted by atomic mass is 32.2. The van der Waals surface area contributed by atoms with Gasteiger partial charge in [0.2, 0.25) is 10.0 Å². The first-order chi connectivity index (χ1) is 8.51. The molecule has 1 N–H and O–H groups in total. The maximum Gasteiger partial charge on any atom is 0.240 e. The molecule has 0 aliphatic carbocycles. The topological polar surface area (TPSA) is 63.2 Å². The third-order valence-corrected chi connectivity index (χ3v) is 4.14. The van der Waals surface area contributed by atoms with Crippen LogP contribution in [0, 0.1) is 0 Å². The number of carbonyl (C=O) groups excluding carboxylic acids is 1. The van der Waals surface area contributed by atoms with E-state index in [1.807, 2.05) is 6.92 Å². The first kappa shape index (κ1) is 14.9. The Balaban J connectivity index is 2.83. The van der Waals surface area contributed by atoms with Crippen molar-refractivity contribution in [1.82, 2.24) is 4.72 Å². The molecule has 0 amide bonds. The van der Waals surface area contributed by atoms with E-state index >= 15 is 0 Å². The van der Waals surface area contributed by atoms with Crippen molar-refractivity contribution in [1.29, 1.82) is 0 Å². The van der Waals surface area contributed by atoms with Gasteiger partial charge in [-0.25, -0.2) is 13.1 Å². The SMILES string of the molecule is CCCCC(=O)c1ccc(S(=O)(=O)NCC)cc1. The lowest BCUT2D eigenvalue weighted by Gasteiger charge is -2.05. The first-order valence-electron chi connectivity index (χ1n) is 6.14. The van der Waals surface area contributed by atoms with Gasteiger partial charge in [0.05, 0.1) is 4.90 Å². The Labute approximate surface area is 108 Å². The third kappa shape index (κ3) is 3.92. The number of sulfonamides is 1. The molecule has 0 spiro atoms. The maximum atomic E-state index is 11.7. The smallest absolute Gasteiger partial charge is 0.240 e. The molecule has 0 saturated carbocycles. The van der Waals surface area contributed by atoms with Crippen molar-refractivity contribution in [3.8, 4) is 0 Å². The highest BCUT2D eigenvalue weighted by Crippen LogP contribution is 2.12. The van der Waals surface area contributed by atoms with E-state index in [0.29, 0.717) is 18.5 Å². The van der Waals surface area contributed by atoms with Crippen LogP contribution in [0.25, 0.3) is 0 Å². The number of ketones is 1. The van der Waals surface area contributed by atoms with Crippen molar-refractivity contribution in [2.24, 2.45) is 0 Å². The van der Waals surface area contributed by atoms with Crippen molar-refractivity contribution in [3.63, 3.8) is 0 Å². The number of nitrogens with one attached hydrogen (secondary N) is 1. The van der Waals surface area contributed by atoms with Crippen LogP contribution < -0.4 is 4.72 Å². The zero-order valence-electron chi connectivity index (χ0n) is 10.8. The normalized spacial score (nSPS) is 11.4. The second kappa shape index (κ2) is 6.66. The van der Waals surface area contributed by atoms with Crippen LogP contribution in [0.15, 0.2) is 29.2 Å². The molecule has 1 aromatic carbocycles. The quantitative estimate of drug-likeness (QED) is 0.773. The average molecular weight is 269 g/mol. The molecule has 0 aliphatic heterocycles. The van der Waals surface area contributed by atoms with Crippen molar-refractivity contribution in [2.75, 3.05) is 6.54 Å². The van der Waals surface area contributed by atoms with Gasteiger partial charge in [0, 0.05) is 18.5 Å². The predicted molar refractivity (Wildman–Crippen MR) is 71.2 cm³/mol. The number of rotatable bonds is 7. The molecule has 0 bridgehead atoms. The number of hydrogen-bond acceptors (Lipinski definition) is 3. The molecule has 0 atom stereocenters. The first-order valence-corrected chi connectivity index (χ1v) is 7.62. The molecule has 0 aromatic heterocycles. The van der Waals surface area contributed by atoms with Gasteiger partial charge in [-0.15, -0.1) is 0 Å². The Bertz CT molecular complexity index is 491. The summed E-state index contributed by atoms with van der Waals surface area (Å²) in [5, 5.41) is 0. The van der Waals surface area contributed by atoms with Crippen LogP contribution in [0.5, 0.6) is 0 Å². The van der Waals surface area contributed by atoms with E-state index in [9.17, 15) is 13.2 Å². The maximum absolute atomic E-state index is 11.7. The highest BCUT2D eigenvalue weighted by Gasteiger charge is 2.13. The summed E-state index contributed by atoms with van der Waals surface area (Å²) in [5.41, 5.74) is 0.568. The van der Waals surface area contributed by atoms with E-state index in [2.05, 4.69) is 4.72 Å². The minimum absolute atomic E-state index is 0.0595. The van der Waals surface area contributed by atoms with E-state index in [0.717, 1.165) is 12.8 Å². The molecule has 1 rings (SSSR count). The summed E-state index contributed by atoms with van der Waals surface area (Å²) < 4.78 is 25.8. The Morgan fingerprint density at radius 3 is 2.28 bits per heavy atom. The third-order valence-electron chi connectivity index (χ3n) is 2.58. The summed E-state index contributed by atoms with van der Waals surface area (Å²) >= 11 is 0. The Hall–Kier alpha value is -1.20. The van der Waals surface area contributed by atoms with Crippen LogP contribution in [-0.4, -0.2) is 20.7 Å². The molecule has 0 radical (unpaired) electrons. The van der Waals surface area contributed by atoms with Crippen LogP contribution in [0.3, 0.4) is 0 Å². The summed E-state index contributed by atoms with van der Waals surface area (Å²) in [5.74, 6) is 0.0595. The molecular formula is C13H19NO3S. The summed E-state index contributed by atoms with van der Waals surface area (Å²) in [6.45, 7) is 4.10. The zero-order valence-corrected chi connectivity index (χ0v) is 11.6. The second-order valence-electron chi connectivity index (χ2n) is 4.05. The second-order valence-corrected chi connectivity index (χ2v) is 5.82. The molecule has 0 aliphatic rings. The largest absolute Gasteiger partial charge is 0.294 e. The fourth-order valence-electron chi connectivity index (χ4n) is 1.58. The summed E-state index contributed by atoms with van der Waals surface area (Å²) in [4.78, 5) is 11.9. The molecule has 4 nitrogen and oxygen atoms in total. The van der Waals surface area contributed by atoms with Crippen LogP contribution in [0.2, 0.25) is 0 Å². The van der Waals surface area contributed by atoms with Crippen LogP contribution in [0.4, 0.5) is 0 Å². The highest BCUT2D eigenvalue weighted by molar-refractivity contribution is 7.89. The lowest BCUT2D eigenvalue weighted by molar-refractivity contribution is 0.0979. The average Bonchev–Trinajstić information content (AvgIpc) is 2.36. The lowest BCUT2D eigenvalue weighted by Crippen LogP contribution is -2.23. The number of carbonyl (C=O) groups is 1. The van der Waals surface area contributed by atoms with Crippen LogP contribution in [-0.2, 0) is 10.0 Å². The van der Waals surface area contributed by atoms with E-state index in [1.165, 1.54) is 12.1 Å². The minimum Gasteiger partial charge on any atom is -0.294 e. The number of unbranched alkanes of at least 4 members (excludes halogenated alkanes) is 1. The molecule has 0 unspecified atom stereocenters. The van der Waals surface area contributed by atoms with Crippen molar-refractivity contribution >= 4 is 15.8 Å². The van der Waals surface area contributed by atoms with E-state index in [-0.39, 0.29) is 10.7 Å². The van der Waals surface area contributed by atoms with Gasteiger partial charge in [0.1, 0.15) is 0 Å². The lowest BCUT2D eigenvalue weighted by atomic mass is 10.1. The van der Waals surface area contributed by atoms with Crippen LogP contribution >= 0.6 is 0 Å². The molecule has 100 valence electrons. The molecular weight excluding hydrogens is 250 g/mol. The minimum atomic E-state index is -3.43. The predicted octanol–water partition coefficient (Wildman–Crippen LogP) is 2.36. The van der Waals surface area contributed by atoms with Crippen molar-refractivity contribution in [2.45, 2.75) is 38.0 Å². The van der Waals surface area contributed by atoms with E-state index in [4.69, 9.17) is 0 Å². The summed E-state index contributed by atoms with van der Waals surface area (Å²) in [6.07, 6.45) is 2.34. The van der Waals surface area contributed by atoms with E-state index in [1.54, 1.807) is 19.1 Å². The van der Waals surface area contributed by atoms with E-state index < -0.39 is 10.0 Å². The van der Waals surface area contributed by atoms with Gasteiger partial charge >= 0.3 is 0 Å². The summed E-state index contributed by atoms with van der Waals surface area (Å²) in [6, 6.07) is 6.08. The molecule has 0 saturated heterocycles. The van der Waals surface area contributed by atoms with Gasteiger partial charge in [0.25, 0.3) is 0 Å². The fourth-order valence-corrected chi connectivity index (χ4v) is 2.62. The molecule has 0 fully saturated rings. The van der Waals surface area contributed by atoms with Gasteiger partial charge in [0.15, 0.2) is 5.78 Å². The standard InChI is InChI=1S/C13H19NO3S/c1-3-5-6-13(15)11-7-9-12(10-8-11)18(16,17)14-4-2/h7-10,14H,3-6H2,1-2H3. The summed E-state index contributed by atoms with van der Waals surface area (Å²) in [7, 11) is -3.43. The Kier molecular flexibility index (Phi) is 5.50. The number of hydrogen-bond donors (Lipinski definition) is 1. The monoisotopic (exact) mass is 269 g/mol.